The lowest BCUT2D eigenvalue weighted by molar-refractivity contribution is -0.136. The molecular weight excluding hydrogens is 404 g/mol. The van der Waals surface area contributed by atoms with Gasteiger partial charge in [0.15, 0.2) is 6.29 Å². The van der Waals surface area contributed by atoms with Gasteiger partial charge in [-0.15, -0.1) is 0 Å². The molecule has 1 aromatic rings. The van der Waals surface area contributed by atoms with Crippen LogP contribution in [0.15, 0.2) is 30.3 Å². The Morgan fingerprint density at radius 1 is 1.00 bits per heavy atom. The zero-order chi connectivity index (χ0) is 22.5. The Morgan fingerprint density at radius 2 is 1.71 bits per heavy atom. The van der Waals surface area contributed by atoms with Crippen LogP contribution in [0.25, 0.3) is 0 Å². The van der Waals surface area contributed by atoms with Crippen molar-refractivity contribution < 1.29 is 28.7 Å². The van der Waals surface area contributed by atoms with Crippen molar-refractivity contribution in [1.29, 1.82) is 0 Å². The number of ether oxygens (including phenoxy) is 1. The number of carbonyl (C=O) groups excluding carboxylic acids is 5. The highest BCUT2D eigenvalue weighted by Gasteiger charge is 2.34. The lowest BCUT2D eigenvalue weighted by Gasteiger charge is -2.22. The van der Waals surface area contributed by atoms with Crippen molar-refractivity contribution >= 4 is 30.4 Å². The van der Waals surface area contributed by atoms with Crippen LogP contribution in [-0.4, -0.2) is 61.9 Å². The molecular formula is C21H28N4O6. The quantitative estimate of drug-likeness (QED) is 0.237. The third kappa shape index (κ3) is 8.17. The highest BCUT2D eigenvalue weighted by molar-refractivity contribution is 5.91. The fourth-order valence-corrected chi connectivity index (χ4v) is 3.32. The van der Waals surface area contributed by atoms with E-state index in [9.17, 15) is 24.0 Å². The van der Waals surface area contributed by atoms with Gasteiger partial charge in [-0.3, -0.25) is 19.2 Å². The van der Waals surface area contributed by atoms with Gasteiger partial charge in [-0.05, 0) is 31.2 Å². The van der Waals surface area contributed by atoms with Crippen molar-refractivity contribution in [1.82, 2.24) is 21.3 Å². The van der Waals surface area contributed by atoms with Crippen LogP contribution in [0.5, 0.6) is 0 Å². The van der Waals surface area contributed by atoms with E-state index in [1.165, 1.54) is 0 Å². The van der Waals surface area contributed by atoms with Gasteiger partial charge in [0.2, 0.25) is 24.1 Å². The van der Waals surface area contributed by atoms with E-state index in [4.69, 9.17) is 4.74 Å². The van der Waals surface area contributed by atoms with Crippen molar-refractivity contribution in [3.63, 3.8) is 0 Å². The highest BCUT2D eigenvalue weighted by Crippen LogP contribution is 2.30. The van der Waals surface area contributed by atoms with Crippen LogP contribution < -0.4 is 21.3 Å². The molecule has 2 rings (SSSR count). The Hall–Kier alpha value is -3.27. The lowest BCUT2D eigenvalue weighted by Crippen LogP contribution is -2.51. The number of amides is 4. The molecule has 0 heterocycles. The van der Waals surface area contributed by atoms with Crippen molar-refractivity contribution in [2.45, 2.75) is 43.7 Å². The number of carbonyl (C=O) groups is 5. The third-order valence-corrected chi connectivity index (χ3v) is 5.00. The SMILES string of the molecule is O=CNCC(=O)N[C@@H](Cc1ccccc1)C(=O)NCC(=O)NCOC1(C=O)CCCC1. The topological polar surface area (TPSA) is 143 Å². The smallest absolute Gasteiger partial charge is 0.243 e. The number of hydrogen-bond acceptors (Lipinski definition) is 6. The standard InChI is InChI=1S/C21H28N4O6/c26-13-21(8-4-5-9-21)31-15-24-18(28)12-23-20(30)17(25-19(29)11-22-14-27)10-16-6-2-1-3-7-16/h1-3,6-7,13-14,17H,4-5,8-12,15H2,(H,22,27)(H,23,30)(H,24,28)(H,25,29)/t17-/m0/s1. The average Bonchev–Trinajstić information content (AvgIpc) is 3.25. The monoisotopic (exact) mass is 432 g/mol. The Bertz CT molecular complexity index is 764. The first-order valence-corrected chi connectivity index (χ1v) is 10.1. The molecule has 31 heavy (non-hydrogen) atoms. The molecule has 1 aromatic carbocycles. The largest absolute Gasteiger partial charge is 0.350 e. The first-order chi connectivity index (χ1) is 15.0. The molecule has 1 fully saturated rings. The molecule has 4 N–H and O–H groups in total. The van der Waals surface area contributed by atoms with E-state index >= 15 is 0 Å². The van der Waals surface area contributed by atoms with E-state index in [0.29, 0.717) is 19.3 Å². The van der Waals surface area contributed by atoms with Crippen LogP contribution in [0.1, 0.15) is 31.2 Å². The number of benzene rings is 1. The van der Waals surface area contributed by atoms with Gasteiger partial charge in [-0.25, -0.2) is 0 Å². The second-order valence-corrected chi connectivity index (χ2v) is 7.30. The summed E-state index contributed by atoms with van der Waals surface area (Å²) in [4.78, 5) is 58.1. The van der Waals surface area contributed by atoms with Gasteiger partial charge in [0, 0.05) is 6.42 Å². The van der Waals surface area contributed by atoms with Crippen LogP contribution >= 0.6 is 0 Å². The van der Waals surface area contributed by atoms with Crippen molar-refractivity contribution in [2.75, 3.05) is 19.8 Å². The molecule has 10 heteroatoms. The normalized spacial score (nSPS) is 15.4. The minimum atomic E-state index is -0.927. The summed E-state index contributed by atoms with van der Waals surface area (Å²) in [7, 11) is 0. The van der Waals surface area contributed by atoms with E-state index in [0.717, 1.165) is 24.7 Å². The molecule has 0 saturated heterocycles. The first-order valence-electron chi connectivity index (χ1n) is 10.1. The van der Waals surface area contributed by atoms with E-state index in [1.807, 2.05) is 30.3 Å². The molecule has 0 radical (unpaired) electrons. The zero-order valence-corrected chi connectivity index (χ0v) is 17.2. The number of aldehydes is 1. The van der Waals surface area contributed by atoms with Gasteiger partial charge in [-0.1, -0.05) is 30.3 Å². The average molecular weight is 432 g/mol. The van der Waals surface area contributed by atoms with E-state index < -0.39 is 29.4 Å². The van der Waals surface area contributed by atoms with Crippen molar-refractivity contribution in [3.8, 4) is 0 Å². The fourth-order valence-electron chi connectivity index (χ4n) is 3.32. The summed E-state index contributed by atoms with van der Waals surface area (Å²) in [6.45, 7) is -0.711. The highest BCUT2D eigenvalue weighted by atomic mass is 16.5. The fraction of sp³-hybridized carbons (Fsp3) is 0.476. The number of hydrogen-bond donors (Lipinski definition) is 4. The van der Waals surface area contributed by atoms with Gasteiger partial charge >= 0.3 is 0 Å². The summed E-state index contributed by atoms with van der Waals surface area (Å²) in [5.74, 6) is -1.56. The maximum absolute atomic E-state index is 12.6. The first kappa shape index (κ1) is 24.0. The van der Waals surface area contributed by atoms with Crippen molar-refractivity contribution in [2.24, 2.45) is 0 Å². The van der Waals surface area contributed by atoms with E-state index in [-0.39, 0.29) is 26.2 Å². The summed E-state index contributed by atoms with van der Waals surface area (Å²) in [5, 5.41) is 9.78. The van der Waals surface area contributed by atoms with Gasteiger partial charge in [0.05, 0.1) is 13.1 Å². The van der Waals surface area contributed by atoms with Crippen LogP contribution in [0.4, 0.5) is 0 Å². The molecule has 0 spiro atoms. The van der Waals surface area contributed by atoms with Crippen LogP contribution in [0, 0.1) is 0 Å². The molecule has 10 nitrogen and oxygen atoms in total. The second-order valence-electron chi connectivity index (χ2n) is 7.30. The minimum absolute atomic E-state index is 0.130. The number of rotatable bonds is 13. The van der Waals surface area contributed by atoms with Crippen molar-refractivity contribution in [3.05, 3.63) is 35.9 Å². The third-order valence-electron chi connectivity index (χ3n) is 5.00. The molecule has 1 aliphatic rings. The zero-order valence-electron chi connectivity index (χ0n) is 17.2. The molecule has 0 bridgehead atoms. The maximum Gasteiger partial charge on any atom is 0.243 e. The van der Waals surface area contributed by atoms with E-state index in [2.05, 4.69) is 21.3 Å². The predicted molar refractivity (Wildman–Crippen MR) is 111 cm³/mol. The molecule has 1 saturated carbocycles. The Balaban J connectivity index is 1.83. The molecule has 0 aromatic heterocycles. The predicted octanol–water partition coefficient (Wildman–Crippen LogP) is -0.822. The summed E-state index contributed by atoms with van der Waals surface area (Å²) in [6.07, 6.45) is 4.44. The lowest BCUT2D eigenvalue weighted by atomic mass is 10.1. The van der Waals surface area contributed by atoms with Gasteiger partial charge < -0.3 is 30.8 Å². The summed E-state index contributed by atoms with van der Waals surface area (Å²) in [6, 6.07) is 8.15. The molecule has 0 aliphatic heterocycles. The Labute approximate surface area is 180 Å². The summed E-state index contributed by atoms with van der Waals surface area (Å²) in [5.41, 5.74) is -0.0168. The molecule has 1 atom stereocenters. The van der Waals surface area contributed by atoms with Gasteiger partial charge in [0.1, 0.15) is 18.4 Å². The van der Waals surface area contributed by atoms with Crippen LogP contribution in [0.3, 0.4) is 0 Å². The minimum Gasteiger partial charge on any atom is -0.350 e. The molecule has 1 aliphatic carbocycles. The van der Waals surface area contributed by atoms with Crippen LogP contribution in [-0.2, 0) is 35.1 Å². The Morgan fingerprint density at radius 3 is 2.35 bits per heavy atom. The van der Waals surface area contributed by atoms with E-state index in [1.54, 1.807) is 0 Å². The molecule has 168 valence electrons. The molecule has 0 unspecified atom stereocenters. The molecule has 4 amide bonds. The summed E-state index contributed by atoms with van der Waals surface area (Å²) < 4.78 is 5.53. The summed E-state index contributed by atoms with van der Waals surface area (Å²) >= 11 is 0. The van der Waals surface area contributed by atoms with Gasteiger partial charge in [-0.2, -0.15) is 0 Å². The second kappa shape index (κ2) is 12.4. The maximum atomic E-state index is 12.6. The Kier molecular flexibility index (Phi) is 9.63. The van der Waals surface area contributed by atoms with Crippen LogP contribution in [0.2, 0.25) is 0 Å². The van der Waals surface area contributed by atoms with Gasteiger partial charge in [0.25, 0.3) is 0 Å². The number of nitrogens with one attached hydrogen (secondary N) is 4.